The number of alkyl halides is 1. The summed E-state index contributed by atoms with van der Waals surface area (Å²) < 4.78 is 0. The van der Waals surface area contributed by atoms with E-state index in [0.29, 0.717) is 13.1 Å². The van der Waals surface area contributed by atoms with Gasteiger partial charge in [-0.15, -0.1) is 11.6 Å². The van der Waals surface area contributed by atoms with Gasteiger partial charge in [0, 0.05) is 25.2 Å². The van der Waals surface area contributed by atoms with Crippen LogP contribution in [0.5, 0.6) is 0 Å². The molecule has 0 unspecified atom stereocenters. The summed E-state index contributed by atoms with van der Waals surface area (Å²) >= 11 is 5.46. The zero-order chi connectivity index (χ0) is 11.7. The highest BCUT2D eigenvalue weighted by molar-refractivity contribution is 6.27. The van der Waals surface area contributed by atoms with Crippen LogP contribution in [-0.4, -0.2) is 21.6 Å². The van der Waals surface area contributed by atoms with Crippen LogP contribution in [0.2, 0.25) is 0 Å². The van der Waals surface area contributed by atoms with Crippen molar-refractivity contribution in [2.45, 2.75) is 13.1 Å². The molecule has 1 amide bonds. The topological polar surface area (TPSA) is 63.5 Å². The first-order valence-electron chi connectivity index (χ1n) is 4.71. The maximum Gasteiger partial charge on any atom is 0.269 e. The molecular formula is C10H9ClN2O3. The number of rotatable bonds is 2. The first-order valence-corrected chi connectivity index (χ1v) is 5.25. The van der Waals surface area contributed by atoms with E-state index in [-0.39, 0.29) is 17.5 Å². The van der Waals surface area contributed by atoms with Crippen LogP contribution < -0.4 is 0 Å². The molecule has 16 heavy (non-hydrogen) atoms. The lowest BCUT2D eigenvalue weighted by atomic mass is 10.1. The van der Waals surface area contributed by atoms with Crippen LogP contribution in [0.1, 0.15) is 11.1 Å². The van der Waals surface area contributed by atoms with Crippen molar-refractivity contribution < 1.29 is 9.72 Å². The molecule has 84 valence electrons. The third kappa shape index (κ3) is 1.86. The largest absolute Gasteiger partial charge is 0.333 e. The lowest BCUT2D eigenvalue weighted by Crippen LogP contribution is -2.26. The number of halogens is 1. The number of nitro benzene ring substituents is 1. The quantitative estimate of drug-likeness (QED) is 0.449. The number of fused-ring (bicyclic) bond motifs is 1. The molecule has 5 nitrogen and oxygen atoms in total. The molecular weight excluding hydrogens is 232 g/mol. The second-order valence-corrected chi connectivity index (χ2v) is 3.86. The van der Waals surface area contributed by atoms with Crippen molar-refractivity contribution in [3.8, 4) is 0 Å². The Morgan fingerprint density at radius 2 is 2.12 bits per heavy atom. The number of hydrogen-bond acceptors (Lipinski definition) is 3. The molecule has 0 fully saturated rings. The highest BCUT2D eigenvalue weighted by atomic mass is 35.5. The molecule has 0 N–H and O–H groups in total. The van der Waals surface area contributed by atoms with E-state index in [9.17, 15) is 14.9 Å². The van der Waals surface area contributed by atoms with Crippen LogP contribution >= 0.6 is 11.6 Å². The van der Waals surface area contributed by atoms with E-state index in [1.165, 1.54) is 12.1 Å². The van der Waals surface area contributed by atoms with Crippen molar-refractivity contribution in [1.29, 1.82) is 0 Å². The Kier molecular flexibility index (Phi) is 2.78. The average molecular weight is 241 g/mol. The lowest BCUT2D eigenvalue weighted by molar-refractivity contribution is -0.384. The summed E-state index contributed by atoms with van der Waals surface area (Å²) in [7, 11) is 0. The summed E-state index contributed by atoms with van der Waals surface area (Å²) in [4.78, 5) is 23.1. The zero-order valence-electron chi connectivity index (χ0n) is 8.35. The Balaban J connectivity index is 2.24. The summed E-state index contributed by atoms with van der Waals surface area (Å²) in [5.41, 5.74) is 1.83. The van der Waals surface area contributed by atoms with Crippen molar-refractivity contribution in [1.82, 2.24) is 4.90 Å². The van der Waals surface area contributed by atoms with Gasteiger partial charge in [-0.3, -0.25) is 14.9 Å². The Morgan fingerprint density at radius 3 is 2.75 bits per heavy atom. The molecule has 6 heteroatoms. The minimum Gasteiger partial charge on any atom is -0.333 e. The van der Waals surface area contributed by atoms with Gasteiger partial charge >= 0.3 is 0 Å². The maximum absolute atomic E-state index is 11.4. The summed E-state index contributed by atoms with van der Waals surface area (Å²) in [5.74, 6) is -0.212. The number of hydrogen-bond donors (Lipinski definition) is 0. The van der Waals surface area contributed by atoms with Crippen LogP contribution in [0.15, 0.2) is 18.2 Å². The summed E-state index contributed by atoms with van der Waals surface area (Å²) in [6, 6.07) is 4.65. The first kappa shape index (κ1) is 10.9. The molecule has 0 spiro atoms. The van der Waals surface area contributed by atoms with Crippen molar-refractivity contribution in [3.05, 3.63) is 39.4 Å². The van der Waals surface area contributed by atoms with Gasteiger partial charge in [-0.05, 0) is 11.1 Å². The third-order valence-electron chi connectivity index (χ3n) is 2.59. The molecule has 0 aromatic heterocycles. The molecule has 0 saturated heterocycles. The van der Waals surface area contributed by atoms with Gasteiger partial charge in [0.1, 0.15) is 5.88 Å². The number of benzene rings is 1. The molecule has 1 heterocycles. The summed E-state index contributed by atoms with van der Waals surface area (Å²) in [5, 5.41) is 10.6. The van der Waals surface area contributed by atoms with Gasteiger partial charge in [-0.25, -0.2) is 0 Å². The normalized spacial score (nSPS) is 13.7. The minimum atomic E-state index is -0.438. The second kappa shape index (κ2) is 4.09. The standard InChI is InChI=1S/C10H9ClN2O3/c11-4-10(14)12-5-7-1-2-9(13(15)16)3-8(7)6-12/h1-3H,4-6H2. The Bertz CT molecular complexity index is 461. The van der Waals surface area contributed by atoms with Gasteiger partial charge in [0.25, 0.3) is 5.69 Å². The van der Waals surface area contributed by atoms with E-state index < -0.39 is 4.92 Å². The number of carbonyl (C=O) groups excluding carboxylic acids is 1. The van der Waals surface area contributed by atoms with Crippen molar-refractivity contribution in [3.63, 3.8) is 0 Å². The predicted molar refractivity (Wildman–Crippen MR) is 58.1 cm³/mol. The van der Waals surface area contributed by atoms with Crippen molar-refractivity contribution in [2.24, 2.45) is 0 Å². The Morgan fingerprint density at radius 1 is 1.44 bits per heavy atom. The third-order valence-corrected chi connectivity index (χ3v) is 2.82. The van der Waals surface area contributed by atoms with Crippen LogP contribution in [0.3, 0.4) is 0 Å². The second-order valence-electron chi connectivity index (χ2n) is 3.59. The monoisotopic (exact) mass is 240 g/mol. The predicted octanol–water partition coefficient (Wildman–Crippen LogP) is 1.68. The molecule has 0 aliphatic carbocycles. The zero-order valence-corrected chi connectivity index (χ0v) is 9.11. The van der Waals surface area contributed by atoms with E-state index in [1.807, 2.05) is 0 Å². The van der Waals surface area contributed by atoms with E-state index in [2.05, 4.69) is 0 Å². The van der Waals surface area contributed by atoms with Crippen molar-refractivity contribution >= 4 is 23.2 Å². The summed E-state index contributed by atoms with van der Waals surface area (Å²) in [6.07, 6.45) is 0. The number of non-ortho nitro benzene ring substituents is 1. The lowest BCUT2D eigenvalue weighted by Gasteiger charge is -2.12. The maximum atomic E-state index is 11.4. The van der Waals surface area contributed by atoms with E-state index in [1.54, 1.807) is 11.0 Å². The fourth-order valence-corrected chi connectivity index (χ4v) is 1.92. The molecule has 2 rings (SSSR count). The molecule has 0 atom stereocenters. The van der Waals surface area contributed by atoms with Gasteiger partial charge in [-0.1, -0.05) is 6.07 Å². The highest BCUT2D eigenvalue weighted by Gasteiger charge is 2.24. The number of nitro groups is 1. The fraction of sp³-hybridized carbons (Fsp3) is 0.300. The van der Waals surface area contributed by atoms with Crippen molar-refractivity contribution in [2.75, 3.05) is 5.88 Å². The van der Waals surface area contributed by atoms with Crippen LogP contribution in [-0.2, 0) is 17.9 Å². The Labute approximate surface area is 96.8 Å². The number of nitrogens with zero attached hydrogens (tertiary/aromatic N) is 2. The number of carbonyl (C=O) groups is 1. The fourth-order valence-electron chi connectivity index (χ4n) is 1.76. The summed E-state index contributed by atoms with van der Waals surface area (Å²) in [6.45, 7) is 0.890. The molecule has 0 bridgehead atoms. The average Bonchev–Trinajstić information content (AvgIpc) is 2.70. The van der Waals surface area contributed by atoms with E-state index in [0.717, 1.165) is 11.1 Å². The molecule has 1 aromatic rings. The minimum absolute atomic E-state index is 0.0546. The Hall–Kier alpha value is -1.62. The highest BCUT2D eigenvalue weighted by Crippen LogP contribution is 2.26. The van der Waals surface area contributed by atoms with Gasteiger partial charge in [-0.2, -0.15) is 0 Å². The van der Waals surface area contributed by atoms with Gasteiger partial charge in [0.15, 0.2) is 0 Å². The van der Waals surface area contributed by atoms with E-state index in [4.69, 9.17) is 11.6 Å². The van der Waals surface area contributed by atoms with Gasteiger partial charge in [0.2, 0.25) is 5.91 Å². The number of amides is 1. The molecule has 1 aliphatic heterocycles. The molecule has 1 aromatic carbocycles. The van der Waals surface area contributed by atoms with Gasteiger partial charge in [0.05, 0.1) is 4.92 Å². The molecule has 1 aliphatic rings. The van der Waals surface area contributed by atoms with Crippen LogP contribution in [0.25, 0.3) is 0 Å². The van der Waals surface area contributed by atoms with Crippen LogP contribution in [0.4, 0.5) is 5.69 Å². The first-order chi connectivity index (χ1) is 7.61. The smallest absolute Gasteiger partial charge is 0.269 e. The van der Waals surface area contributed by atoms with Gasteiger partial charge < -0.3 is 4.90 Å². The SMILES string of the molecule is O=C(CCl)N1Cc2ccc([N+](=O)[O-])cc2C1. The molecule has 0 saturated carbocycles. The van der Waals surface area contributed by atoms with Crippen LogP contribution in [0, 0.1) is 10.1 Å². The molecule has 0 radical (unpaired) electrons. The van der Waals surface area contributed by atoms with E-state index >= 15 is 0 Å².